The van der Waals surface area contributed by atoms with Crippen molar-refractivity contribution in [2.24, 2.45) is 7.05 Å². The molecule has 1 atom stereocenters. The van der Waals surface area contributed by atoms with Gasteiger partial charge < -0.3 is 14.6 Å². The third-order valence-corrected chi connectivity index (χ3v) is 3.99. The van der Waals surface area contributed by atoms with Crippen molar-refractivity contribution in [2.45, 2.75) is 12.5 Å². The molecule has 3 heterocycles. The fourth-order valence-electron chi connectivity index (χ4n) is 2.89. The average molecular weight is 296 g/mol. The summed E-state index contributed by atoms with van der Waals surface area (Å²) in [5.41, 5.74) is 2.49. The summed E-state index contributed by atoms with van der Waals surface area (Å²) in [6.45, 7) is 0.486. The Labute approximate surface area is 127 Å². The number of carbonyl (C=O) groups excluding carboxylic acids is 1. The molecule has 0 unspecified atom stereocenters. The maximum Gasteiger partial charge on any atom is 0.257 e. The van der Waals surface area contributed by atoms with Crippen LogP contribution in [-0.2, 0) is 13.5 Å². The van der Waals surface area contributed by atoms with Crippen molar-refractivity contribution in [2.75, 3.05) is 6.61 Å². The molecule has 1 aliphatic rings. The van der Waals surface area contributed by atoms with Gasteiger partial charge in [-0.25, -0.2) is 4.52 Å². The topological polar surface area (TPSA) is 60.6 Å². The Balaban J connectivity index is 1.54. The Morgan fingerprint density at radius 2 is 2.23 bits per heavy atom. The molecule has 6 nitrogen and oxygen atoms in total. The number of amides is 1. The molecule has 0 aliphatic carbocycles. The van der Waals surface area contributed by atoms with Crippen LogP contribution in [0.1, 0.15) is 15.9 Å². The zero-order valence-corrected chi connectivity index (χ0v) is 12.2. The van der Waals surface area contributed by atoms with Crippen LogP contribution < -0.4 is 10.1 Å². The number of nitrogens with zero attached hydrogens (tertiary/aromatic N) is 3. The summed E-state index contributed by atoms with van der Waals surface area (Å²) in [6, 6.07) is 7.90. The summed E-state index contributed by atoms with van der Waals surface area (Å²) in [7, 11) is 1.90. The number of rotatable bonds is 2. The van der Waals surface area contributed by atoms with Crippen LogP contribution in [0.25, 0.3) is 5.65 Å². The summed E-state index contributed by atoms with van der Waals surface area (Å²) in [6.07, 6.45) is 6.08. The lowest BCUT2D eigenvalue weighted by atomic mass is 10.0. The fraction of sp³-hybridized carbons (Fsp3) is 0.250. The minimum atomic E-state index is -0.121. The van der Waals surface area contributed by atoms with Crippen molar-refractivity contribution < 1.29 is 9.53 Å². The van der Waals surface area contributed by atoms with Gasteiger partial charge in [-0.2, -0.15) is 5.10 Å². The molecule has 2 aromatic heterocycles. The van der Waals surface area contributed by atoms with E-state index in [4.69, 9.17) is 4.74 Å². The predicted molar refractivity (Wildman–Crippen MR) is 81.1 cm³/mol. The molecule has 0 saturated heterocycles. The van der Waals surface area contributed by atoms with Crippen molar-refractivity contribution in [1.82, 2.24) is 19.5 Å². The van der Waals surface area contributed by atoms with E-state index in [1.807, 2.05) is 48.3 Å². The van der Waals surface area contributed by atoms with E-state index in [-0.39, 0.29) is 11.9 Å². The summed E-state index contributed by atoms with van der Waals surface area (Å²) < 4.78 is 9.29. The number of imidazole rings is 1. The second-order valence-corrected chi connectivity index (χ2v) is 5.53. The van der Waals surface area contributed by atoms with Gasteiger partial charge in [-0.1, -0.05) is 18.2 Å². The van der Waals surface area contributed by atoms with Crippen LogP contribution in [0.5, 0.6) is 5.75 Å². The Kier molecular flexibility index (Phi) is 2.89. The number of hydrogen-bond donors (Lipinski definition) is 1. The number of para-hydroxylation sites is 1. The van der Waals surface area contributed by atoms with E-state index < -0.39 is 0 Å². The zero-order valence-electron chi connectivity index (χ0n) is 12.2. The molecular formula is C16H16N4O2. The largest absolute Gasteiger partial charge is 0.491 e. The number of benzene rings is 1. The van der Waals surface area contributed by atoms with Crippen molar-refractivity contribution in [3.05, 3.63) is 54.0 Å². The Morgan fingerprint density at radius 3 is 3.14 bits per heavy atom. The lowest BCUT2D eigenvalue weighted by Crippen LogP contribution is -2.42. The van der Waals surface area contributed by atoms with E-state index in [0.29, 0.717) is 12.2 Å². The molecule has 112 valence electrons. The van der Waals surface area contributed by atoms with Gasteiger partial charge in [0.25, 0.3) is 5.91 Å². The lowest BCUT2D eigenvalue weighted by molar-refractivity contribution is 0.0916. The van der Waals surface area contributed by atoms with Crippen LogP contribution in [0.2, 0.25) is 0 Å². The third-order valence-electron chi connectivity index (χ3n) is 3.99. The molecule has 0 fully saturated rings. The number of aromatic nitrogens is 3. The molecule has 1 aromatic carbocycles. The number of nitrogens with one attached hydrogen (secondary N) is 1. The van der Waals surface area contributed by atoms with E-state index in [0.717, 1.165) is 23.4 Å². The van der Waals surface area contributed by atoms with Gasteiger partial charge in [0.05, 0.1) is 12.2 Å². The minimum absolute atomic E-state index is 0.0300. The highest BCUT2D eigenvalue weighted by atomic mass is 16.5. The monoisotopic (exact) mass is 296 g/mol. The maximum absolute atomic E-state index is 12.5. The first-order chi connectivity index (χ1) is 10.7. The first kappa shape index (κ1) is 12.9. The minimum Gasteiger partial charge on any atom is -0.491 e. The highest BCUT2D eigenvalue weighted by Gasteiger charge is 2.23. The van der Waals surface area contributed by atoms with Crippen molar-refractivity contribution in [3.63, 3.8) is 0 Å². The number of carbonyl (C=O) groups is 1. The van der Waals surface area contributed by atoms with Gasteiger partial charge in [-0.05, 0) is 18.1 Å². The molecule has 1 amide bonds. The molecule has 1 N–H and O–H groups in total. The number of fused-ring (bicyclic) bond motifs is 2. The highest BCUT2D eigenvalue weighted by molar-refractivity contribution is 6.00. The molecule has 4 rings (SSSR count). The zero-order chi connectivity index (χ0) is 15.1. The van der Waals surface area contributed by atoms with Gasteiger partial charge in [-0.3, -0.25) is 4.79 Å². The van der Waals surface area contributed by atoms with Gasteiger partial charge >= 0.3 is 0 Å². The second-order valence-electron chi connectivity index (χ2n) is 5.53. The first-order valence-corrected chi connectivity index (χ1v) is 7.22. The van der Waals surface area contributed by atoms with E-state index >= 15 is 0 Å². The smallest absolute Gasteiger partial charge is 0.257 e. The van der Waals surface area contributed by atoms with Crippen LogP contribution in [0.15, 0.2) is 42.9 Å². The third kappa shape index (κ3) is 2.04. The highest BCUT2D eigenvalue weighted by Crippen LogP contribution is 2.24. The fourth-order valence-corrected chi connectivity index (χ4v) is 2.89. The van der Waals surface area contributed by atoms with Gasteiger partial charge in [0.15, 0.2) is 0 Å². The Bertz CT molecular complexity index is 849. The van der Waals surface area contributed by atoms with Crippen molar-refractivity contribution in [3.8, 4) is 5.75 Å². The van der Waals surface area contributed by atoms with Crippen LogP contribution >= 0.6 is 0 Å². The van der Waals surface area contributed by atoms with Gasteiger partial charge in [0.2, 0.25) is 0 Å². The molecule has 0 saturated carbocycles. The quantitative estimate of drug-likeness (QED) is 0.778. The Hall–Kier alpha value is -2.76. The standard InChI is InChI=1S/C16H16N4O2/c1-19-6-7-20-16(19)13(9-17-20)15(21)18-12-8-11-4-2-3-5-14(11)22-10-12/h2-7,9,12H,8,10H2,1H3,(H,18,21)/t12-/m1/s1. The van der Waals surface area contributed by atoms with Gasteiger partial charge in [0, 0.05) is 19.4 Å². The van der Waals surface area contributed by atoms with Crippen molar-refractivity contribution in [1.29, 1.82) is 0 Å². The number of aryl methyl sites for hydroxylation is 1. The molecule has 6 heteroatoms. The first-order valence-electron chi connectivity index (χ1n) is 7.22. The maximum atomic E-state index is 12.5. The molecule has 3 aromatic rings. The second kappa shape index (κ2) is 4.91. The Morgan fingerprint density at radius 1 is 1.36 bits per heavy atom. The molecule has 0 radical (unpaired) electrons. The molecular weight excluding hydrogens is 280 g/mol. The SMILES string of the molecule is Cn1ccn2ncc(C(=O)N[C@H]3COc4ccccc4C3)c12. The van der Waals surface area contributed by atoms with Crippen LogP contribution in [-0.4, -0.2) is 32.7 Å². The summed E-state index contributed by atoms with van der Waals surface area (Å²) >= 11 is 0. The predicted octanol–water partition coefficient (Wildman–Crippen LogP) is 1.41. The summed E-state index contributed by atoms with van der Waals surface area (Å²) in [4.78, 5) is 12.5. The van der Waals surface area contributed by atoms with E-state index in [1.165, 1.54) is 0 Å². The number of hydrogen-bond acceptors (Lipinski definition) is 3. The van der Waals surface area contributed by atoms with E-state index in [9.17, 15) is 4.79 Å². The molecule has 1 aliphatic heterocycles. The van der Waals surface area contributed by atoms with Crippen LogP contribution in [0, 0.1) is 0 Å². The van der Waals surface area contributed by atoms with Gasteiger partial charge in [0.1, 0.15) is 23.6 Å². The molecule has 22 heavy (non-hydrogen) atoms. The van der Waals surface area contributed by atoms with Gasteiger partial charge in [-0.15, -0.1) is 0 Å². The number of ether oxygens (including phenoxy) is 1. The average Bonchev–Trinajstić information content (AvgIpc) is 3.10. The summed E-state index contributed by atoms with van der Waals surface area (Å²) in [5, 5.41) is 7.23. The van der Waals surface area contributed by atoms with Crippen LogP contribution in [0.4, 0.5) is 0 Å². The molecule has 0 spiro atoms. The molecule has 0 bridgehead atoms. The lowest BCUT2D eigenvalue weighted by Gasteiger charge is -2.25. The van der Waals surface area contributed by atoms with E-state index in [2.05, 4.69) is 10.4 Å². The normalized spacial score (nSPS) is 17.0. The van der Waals surface area contributed by atoms with Crippen molar-refractivity contribution >= 4 is 11.6 Å². The summed E-state index contributed by atoms with van der Waals surface area (Å²) in [5.74, 6) is 0.785. The van der Waals surface area contributed by atoms with E-state index in [1.54, 1.807) is 10.7 Å². The van der Waals surface area contributed by atoms with Crippen LogP contribution in [0.3, 0.4) is 0 Å².